The molecule has 0 bridgehead atoms. The number of carboxylic acid groups (broad SMARTS) is 1. The van der Waals surface area contributed by atoms with Gasteiger partial charge in [0.25, 0.3) is 0 Å². The molecule has 0 saturated carbocycles. The van der Waals surface area contributed by atoms with Gasteiger partial charge in [-0.25, -0.2) is 0 Å². The molecule has 0 fully saturated rings. The predicted molar refractivity (Wildman–Crippen MR) is 67.2 cm³/mol. The molecule has 0 spiro atoms. The van der Waals surface area contributed by atoms with E-state index in [9.17, 15) is 9.90 Å². The van der Waals surface area contributed by atoms with Crippen LogP contribution in [-0.4, -0.2) is 30.1 Å². The highest BCUT2D eigenvalue weighted by molar-refractivity contribution is 7.16. The van der Waals surface area contributed by atoms with E-state index in [1.54, 1.807) is 0 Å². The molecule has 0 radical (unpaired) electrons. The third kappa shape index (κ3) is 2.97. The number of hydrogen-bond acceptors (Lipinski definition) is 3. The molecule has 1 aromatic heterocycles. The number of carbonyl (C=O) groups is 1. The fourth-order valence-electron chi connectivity index (χ4n) is 1.83. The van der Waals surface area contributed by atoms with Gasteiger partial charge in [0.05, 0.1) is 16.3 Å². The van der Waals surface area contributed by atoms with Crippen LogP contribution in [0.5, 0.6) is 0 Å². The van der Waals surface area contributed by atoms with E-state index in [0.29, 0.717) is 10.8 Å². The smallest absolute Gasteiger partial charge is 0.308 e. The quantitative estimate of drug-likeness (QED) is 0.885. The molecular formula is C11H16ClNO2S. The Hall–Kier alpha value is -0.580. The van der Waals surface area contributed by atoms with E-state index in [-0.39, 0.29) is 6.04 Å². The number of hydrogen-bond donors (Lipinski definition) is 1. The summed E-state index contributed by atoms with van der Waals surface area (Å²) in [6.45, 7) is 1.89. The molecule has 0 amide bonds. The first-order chi connectivity index (χ1) is 7.47. The minimum Gasteiger partial charge on any atom is -0.481 e. The van der Waals surface area contributed by atoms with Crippen molar-refractivity contribution >= 4 is 28.9 Å². The van der Waals surface area contributed by atoms with Crippen molar-refractivity contribution < 1.29 is 9.90 Å². The molecule has 0 aliphatic carbocycles. The van der Waals surface area contributed by atoms with E-state index in [1.807, 2.05) is 38.1 Å². The van der Waals surface area contributed by atoms with Crippen LogP contribution < -0.4 is 0 Å². The molecule has 2 atom stereocenters. The van der Waals surface area contributed by atoms with Crippen LogP contribution in [-0.2, 0) is 4.79 Å². The molecule has 5 heteroatoms. The molecule has 1 N–H and O–H groups in total. The van der Waals surface area contributed by atoms with Crippen LogP contribution >= 0.6 is 22.9 Å². The predicted octanol–water partition coefficient (Wildman–Crippen LogP) is 3.12. The normalized spacial score (nSPS) is 15.1. The number of halogens is 1. The van der Waals surface area contributed by atoms with E-state index < -0.39 is 11.9 Å². The Morgan fingerprint density at radius 1 is 1.56 bits per heavy atom. The van der Waals surface area contributed by atoms with Crippen LogP contribution in [0.2, 0.25) is 4.34 Å². The van der Waals surface area contributed by atoms with Gasteiger partial charge in [-0.3, -0.25) is 4.79 Å². The first kappa shape index (κ1) is 13.5. The average Bonchev–Trinajstić information content (AvgIpc) is 2.59. The molecule has 16 heavy (non-hydrogen) atoms. The Morgan fingerprint density at radius 3 is 2.50 bits per heavy atom. The fourth-order valence-corrected chi connectivity index (χ4v) is 3.16. The number of thiophene rings is 1. The Labute approximate surface area is 105 Å². The zero-order chi connectivity index (χ0) is 12.3. The van der Waals surface area contributed by atoms with Crippen molar-refractivity contribution in [1.29, 1.82) is 0 Å². The highest BCUT2D eigenvalue weighted by atomic mass is 35.5. The van der Waals surface area contributed by atoms with Crippen LogP contribution in [0.3, 0.4) is 0 Å². The first-order valence-electron chi connectivity index (χ1n) is 5.11. The van der Waals surface area contributed by atoms with Gasteiger partial charge in [0.1, 0.15) is 0 Å². The largest absolute Gasteiger partial charge is 0.481 e. The Kier molecular flexibility index (Phi) is 4.77. The summed E-state index contributed by atoms with van der Waals surface area (Å²) in [5.41, 5.74) is 0. The maximum atomic E-state index is 11.2. The van der Waals surface area contributed by atoms with Gasteiger partial charge < -0.3 is 10.0 Å². The third-order valence-electron chi connectivity index (χ3n) is 2.58. The fraction of sp³-hybridized carbons (Fsp3) is 0.545. The lowest BCUT2D eigenvalue weighted by molar-refractivity contribution is -0.144. The van der Waals surface area contributed by atoms with Crippen LogP contribution in [0.4, 0.5) is 0 Å². The summed E-state index contributed by atoms with van der Waals surface area (Å²) in [5, 5.41) is 9.21. The van der Waals surface area contributed by atoms with Gasteiger partial charge >= 0.3 is 5.97 Å². The van der Waals surface area contributed by atoms with Crippen LogP contribution in [0.1, 0.15) is 24.3 Å². The average molecular weight is 262 g/mol. The molecule has 0 saturated heterocycles. The van der Waals surface area contributed by atoms with Crippen molar-refractivity contribution in [1.82, 2.24) is 4.90 Å². The van der Waals surface area contributed by atoms with E-state index in [1.165, 1.54) is 11.3 Å². The number of rotatable bonds is 5. The van der Waals surface area contributed by atoms with Gasteiger partial charge in [0, 0.05) is 4.88 Å². The second kappa shape index (κ2) is 5.66. The summed E-state index contributed by atoms with van der Waals surface area (Å²) in [4.78, 5) is 14.1. The molecule has 0 aromatic carbocycles. The standard InChI is InChI=1S/C11H16ClNO2S/c1-4-7(11(14)15)10(13(2)3)8-5-6-9(12)16-8/h5-7,10H,4H2,1-3H3,(H,14,15). The highest BCUT2D eigenvalue weighted by Gasteiger charge is 2.30. The molecule has 2 unspecified atom stereocenters. The Balaban J connectivity index is 3.03. The van der Waals surface area contributed by atoms with Crippen LogP contribution in [0.15, 0.2) is 12.1 Å². The van der Waals surface area contributed by atoms with Gasteiger partial charge in [0.15, 0.2) is 0 Å². The lowest BCUT2D eigenvalue weighted by Crippen LogP contribution is -2.31. The van der Waals surface area contributed by atoms with E-state index in [0.717, 1.165) is 4.88 Å². The minimum atomic E-state index is -0.759. The monoisotopic (exact) mass is 261 g/mol. The Bertz CT molecular complexity index is 365. The molecular weight excluding hydrogens is 246 g/mol. The third-order valence-corrected chi connectivity index (χ3v) is 3.88. The van der Waals surface area contributed by atoms with Gasteiger partial charge in [-0.1, -0.05) is 18.5 Å². The number of nitrogens with zero attached hydrogens (tertiary/aromatic N) is 1. The SMILES string of the molecule is CCC(C(=O)O)C(c1ccc(Cl)s1)N(C)C. The maximum absolute atomic E-state index is 11.2. The lowest BCUT2D eigenvalue weighted by Gasteiger charge is -2.28. The second-order valence-electron chi connectivity index (χ2n) is 3.90. The van der Waals surface area contributed by atoms with Gasteiger partial charge in [0.2, 0.25) is 0 Å². The van der Waals surface area contributed by atoms with Crippen molar-refractivity contribution in [2.45, 2.75) is 19.4 Å². The maximum Gasteiger partial charge on any atom is 0.308 e. The highest BCUT2D eigenvalue weighted by Crippen LogP contribution is 2.35. The summed E-state index contributed by atoms with van der Waals surface area (Å²) in [6.07, 6.45) is 0.605. The summed E-state index contributed by atoms with van der Waals surface area (Å²) >= 11 is 7.33. The summed E-state index contributed by atoms with van der Waals surface area (Å²) in [6, 6.07) is 3.61. The summed E-state index contributed by atoms with van der Waals surface area (Å²) in [7, 11) is 3.79. The topological polar surface area (TPSA) is 40.5 Å². The van der Waals surface area contributed by atoms with Gasteiger partial charge in [-0.05, 0) is 32.6 Å². The van der Waals surface area contributed by atoms with Gasteiger partial charge in [-0.15, -0.1) is 11.3 Å². The molecule has 1 aromatic rings. The summed E-state index contributed by atoms with van der Waals surface area (Å²) < 4.78 is 0.696. The zero-order valence-corrected chi connectivity index (χ0v) is 11.2. The Morgan fingerprint density at radius 2 is 2.19 bits per heavy atom. The molecule has 0 aliphatic heterocycles. The van der Waals surface area contributed by atoms with E-state index >= 15 is 0 Å². The summed E-state index contributed by atoms with van der Waals surface area (Å²) in [5.74, 6) is -1.16. The molecule has 1 rings (SSSR count). The first-order valence-corrected chi connectivity index (χ1v) is 6.31. The second-order valence-corrected chi connectivity index (χ2v) is 5.65. The van der Waals surface area contributed by atoms with Gasteiger partial charge in [-0.2, -0.15) is 0 Å². The van der Waals surface area contributed by atoms with E-state index in [2.05, 4.69) is 0 Å². The van der Waals surface area contributed by atoms with E-state index in [4.69, 9.17) is 11.6 Å². The minimum absolute atomic E-state index is 0.111. The number of aliphatic carboxylic acids is 1. The van der Waals surface area contributed by atoms with Crippen molar-refractivity contribution in [3.8, 4) is 0 Å². The lowest BCUT2D eigenvalue weighted by atomic mass is 9.95. The van der Waals surface area contributed by atoms with Crippen molar-refractivity contribution in [3.63, 3.8) is 0 Å². The van der Waals surface area contributed by atoms with Crippen molar-refractivity contribution in [2.75, 3.05) is 14.1 Å². The molecule has 1 heterocycles. The van der Waals surface area contributed by atoms with Crippen molar-refractivity contribution in [3.05, 3.63) is 21.3 Å². The van der Waals surface area contributed by atoms with Crippen LogP contribution in [0.25, 0.3) is 0 Å². The van der Waals surface area contributed by atoms with Crippen LogP contribution in [0, 0.1) is 5.92 Å². The molecule has 0 aliphatic rings. The van der Waals surface area contributed by atoms with Crippen molar-refractivity contribution in [2.24, 2.45) is 5.92 Å². The molecule has 3 nitrogen and oxygen atoms in total. The zero-order valence-electron chi connectivity index (χ0n) is 9.61. The molecule has 90 valence electrons. The number of carboxylic acids is 1.